The van der Waals surface area contributed by atoms with Crippen LogP contribution in [0.5, 0.6) is 0 Å². The number of nitrogens with zero attached hydrogens (tertiary/aromatic N) is 1. The molecule has 0 unspecified atom stereocenters. The largest absolute Gasteiger partial charge is 0.326 e. The van der Waals surface area contributed by atoms with Gasteiger partial charge in [0.15, 0.2) is 0 Å². The highest BCUT2D eigenvalue weighted by atomic mass is 32.2. The predicted molar refractivity (Wildman–Crippen MR) is 57.4 cm³/mol. The Bertz CT molecular complexity index is 275. The monoisotopic (exact) mass is 220 g/mol. The fraction of sp³-hybridized carbons (Fsp3) is 1.00. The first-order chi connectivity index (χ1) is 6.42. The van der Waals surface area contributed by atoms with E-state index in [1.807, 2.05) is 13.8 Å². The molecule has 0 amide bonds. The summed E-state index contributed by atoms with van der Waals surface area (Å²) in [5.41, 5.74) is 5.67. The van der Waals surface area contributed by atoms with Crippen molar-refractivity contribution in [2.24, 2.45) is 11.7 Å². The number of sulfonamides is 1. The molecular weight excluding hydrogens is 200 g/mol. The van der Waals surface area contributed by atoms with E-state index in [4.69, 9.17) is 5.73 Å². The van der Waals surface area contributed by atoms with E-state index in [-0.39, 0.29) is 11.8 Å². The summed E-state index contributed by atoms with van der Waals surface area (Å²) >= 11 is 0. The molecule has 1 saturated heterocycles. The SMILES string of the molecule is CC(C)CCS(=O)(=O)N1CC[C@H](N)C1. The van der Waals surface area contributed by atoms with Crippen LogP contribution in [0.3, 0.4) is 0 Å². The minimum atomic E-state index is -3.03. The zero-order valence-corrected chi connectivity index (χ0v) is 9.76. The molecule has 2 N–H and O–H groups in total. The van der Waals surface area contributed by atoms with Gasteiger partial charge in [0.1, 0.15) is 0 Å². The van der Waals surface area contributed by atoms with Gasteiger partial charge in [-0.3, -0.25) is 0 Å². The Morgan fingerprint density at radius 2 is 2.14 bits per heavy atom. The molecular formula is C9H20N2O2S. The first kappa shape index (κ1) is 11.9. The van der Waals surface area contributed by atoms with E-state index < -0.39 is 10.0 Å². The van der Waals surface area contributed by atoms with Gasteiger partial charge in [0, 0.05) is 19.1 Å². The first-order valence-electron chi connectivity index (χ1n) is 5.15. The summed E-state index contributed by atoms with van der Waals surface area (Å²) in [5, 5.41) is 0. The summed E-state index contributed by atoms with van der Waals surface area (Å²) in [6, 6.07) is 0.0313. The van der Waals surface area contributed by atoms with Crippen LogP contribution >= 0.6 is 0 Å². The third kappa shape index (κ3) is 3.22. The first-order valence-corrected chi connectivity index (χ1v) is 6.76. The molecule has 1 fully saturated rings. The van der Waals surface area contributed by atoms with Crippen LogP contribution in [0.4, 0.5) is 0 Å². The Balaban J connectivity index is 2.49. The second kappa shape index (κ2) is 4.59. The maximum atomic E-state index is 11.8. The summed E-state index contributed by atoms with van der Waals surface area (Å²) in [7, 11) is -3.03. The van der Waals surface area contributed by atoms with Crippen LogP contribution in [0.2, 0.25) is 0 Å². The summed E-state index contributed by atoms with van der Waals surface area (Å²) < 4.78 is 25.0. The molecule has 1 atom stereocenters. The molecule has 0 radical (unpaired) electrons. The van der Waals surface area contributed by atoms with Crippen LogP contribution in [0.1, 0.15) is 26.7 Å². The van der Waals surface area contributed by atoms with Gasteiger partial charge >= 0.3 is 0 Å². The van der Waals surface area contributed by atoms with E-state index >= 15 is 0 Å². The van der Waals surface area contributed by atoms with Gasteiger partial charge in [-0.15, -0.1) is 0 Å². The molecule has 0 aromatic carbocycles. The van der Waals surface area contributed by atoms with Crippen LogP contribution in [0.25, 0.3) is 0 Å². The molecule has 1 aliphatic rings. The fourth-order valence-corrected chi connectivity index (χ4v) is 3.35. The maximum Gasteiger partial charge on any atom is 0.214 e. The molecule has 4 nitrogen and oxygen atoms in total. The second-order valence-electron chi connectivity index (χ2n) is 4.41. The van der Waals surface area contributed by atoms with Gasteiger partial charge in [-0.25, -0.2) is 12.7 Å². The van der Waals surface area contributed by atoms with Crippen molar-refractivity contribution < 1.29 is 8.42 Å². The van der Waals surface area contributed by atoms with Gasteiger partial charge in [0.2, 0.25) is 10.0 Å². The van der Waals surface area contributed by atoms with Crippen molar-refractivity contribution in [1.82, 2.24) is 4.31 Å². The van der Waals surface area contributed by atoms with Crippen molar-refractivity contribution >= 4 is 10.0 Å². The van der Waals surface area contributed by atoms with Gasteiger partial charge in [0.05, 0.1) is 5.75 Å². The molecule has 0 aromatic rings. The van der Waals surface area contributed by atoms with Gasteiger partial charge in [-0.2, -0.15) is 0 Å². The summed E-state index contributed by atoms with van der Waals surface area (Å²) in [5.74, 6) is 0.693. The molecule has 1 rings (SSSR count). The zero-order valence-electron chi connectivity index (χ0n) is 8.94. The highest BCUT2D eigenvalue weighted by Gasteiger charge is 2.28. The van der Waals surface area contributed by atoms with Crippen molar-refractivity contribution in [2.45, 2.75) is 32.7 Å². The molecule has 14 heavy (non-hydrogen) atoms. The summed E-state index contributed by atoms with van der Waals surface area (Å²) in [6.07, 6.45) is 1.52. The standard InChI is InChI=1S/C9H20N2O2S/c1-8(2)4-6-14(12,13)11-5-3-9(10)7-11/h8-9H,3-7,10H2,1-2H3/t9-/m0/s1. The van der Waals surface area contributed by atoms with Crippen molar-refractivity contribution in [3.05, 3.63) is 0 Å². The van der Waals surface area contributed by atoms with Gasteiger partial charge < -0.3 is 5.73 Å². The third-order valence-electron chi connectivity index (χ3n) is 2.53. The van der Waals surface area contributed by atoms with Gasteiger partial charge in [0.25, 0.3) is 0 Å². The zero-order chi connectivity index (χ0) is 10.8. The van der Waals surface area contributed by atoms with Crippen molar-refractivity contribution in [1.29, 1.82) is 0 Å². The Morgan fingerprint density at radius 1 is 1.50 bits per heavy atom. The number of hydrogen-bond acceptors (Lipinski definition) is 3. The Morgan fingerprint density at radius 3 is 2.57 bits per heavy atom. The van der Waals surface area contributed by atoms with Crippen LogP contribution in [-0.4, -0.2) is 37.6 Å². The molecule has 1 heterocycles. The summed E-state index contributed by atoms with van der Waals surface area (Å²) in [4.78, 5) is 0. The lowest BCUT2D eigenvalue weighted by molar-refractivity contribution is 0.466. The smallest absolute Gasteiger partial charge is 0.214 e. The highest BCUT2D eigenvalue weighted by Crippen LogP contribution is 2.14. The lowest BCUT2D eigenvalue weighted by Crippen LogP contribution is -2.33. The predicted octanol–water partition coefficient (Wildman–Crippen LogP) is 0.395. The van der Waals surface area contributed by atoms with E-state index in [2.05, 4.69) is 0 Å². The van der Waals surface area contributed by atoms with E-state index in [0.29, 0.717) is 19.0 Å². The van der Waals surface area contributed by atoms with E-state index in [1.54, 1.807) is 0 Å². The van der Waals surface area contributed by atoms with E-state index in [0.717, 1.165) is 12.8 Å². The molecule has 0 aromatic heterocycles. The average Bonchev–Trinajstić information content (AvgIpc) is 2.49. The molecule has 1 aliphatic heterocycles. The van der Waals surface area contributed by atoms with Crippen molar-refractivity contribution in [3.63, 3.8) is 0 Å². The molecule has 0 spiro atoms. The maximum absolute atomic E-state index is 11.8. The van der Waals surface area contributed by atoms with Gasteiger partial charge in [-0.1, -0.05) is 13.8 Å². The van der Waals surface area contributed by atoms with Crippen LogP contribution < -0.4 is 5.73 Å². The minimum absolute atomic E-state index is 0.0313. The molecule has 0 bridgehead atoms. The third-order valence-corrected chi connectivity index (χ3v) is 4.40. The highest BCUT2D eigenvalue weighted by molar-refractivity contribution is 7.89. The molecule has 0 saturated carbocycles. The minimum Gasteiger partial charge on any atom is -0.326 e. The van der Waals surface area contributed by atoms with Crippen LogP contribution in [0.15, 0.2) is 0 Å². The quantitative estimate of drug-likeness (QED) is 0.745. The Labute approximate surface area is 86.5 Å². The lowest BCUT2D eigenvalue weighted by atomic mass is 10.2. The van der Waals surface area contributed by atoms with Crippen molar-refractivity contribution in [2.75, 3.05) is 18.8 Å². The number of hydrogen-bond donors (Lipinski definition) is 1. The number of nitrogens with two attached hydrogens (primary N) is 1. The molecule has 84 valence electrons. The van der Waals surface area contributed by atoms with E-state index in [1.165, 1.54) is 4.31 Å². The fourth-order valence-electron chi connectivity index (χ4n) is 1.52. The van der Waals surface area contributed by atoms with E-state index in [9.17, 15) is 8.42 Å². The normalized spacial score (nSPS) is 24.7. The second-order valence-corrected chi connectivity index (χ2v) is 6.49. The van der Waals surface area contributed by atoms with Crippen LogP contribution in [-0.2, 0) is 10.0 Å². The summed E-state index contributed by atoms with van der Waals surface area (Å²) in [6.45, 7) is 5.17. The number of rotatable bonds is 4. The topological polar surface area (TPSA) is 63.4 Å². The van der Waals surface area contributed by atoms with Crippen LogP contribution in [0, 0.1) is 5.92 Å². The molecule has 0 aliphatic carbocycles. The lowest BCUT2D eigenvalue weighted by Gasteiger charge is -2.16. The van der Waals surface area contributed by atoms with Gasteiger partial charge in [-0.05, 0) is 18.8 Å². The Hall–Kier alpha value is -0.130. The average molecular weight is 220 g/mol. The van der Waals surface area contributed by atoms with Crippen molar-refractivity contribution in [3.8, 4) is 0 Å². The Kier molecular flexibility index (Phi) is 3.92. The molecule has 5 heteroatoms.